The lowest BCUT2D eigenvalue weighted by molar-refractivity contribution is 0.102. The Labute approximate surface area is 185 Å². The molecule has 1 heterocycles. The van der Waals surface area contributed by atoms with Gasteiger partial charge in [-0.25, -0.2) is 4.98 Å². The van der Waals surface area contributed by atoms with Gasteiger partial charge in [0.25, 0.3) is 5.91 Å². The van der Waals surface area contributed by atoms with Crippen LogP contribution in [-0.4, -0.2) is 24.1 Å². The van der Waals surface area contributed by atoms with Gasteiger partial charge in [-0.15, -0.1) is 11.3 Å². The van der Waals surface area contributed by atoms with E-state index in [2.05, 4.69) is 11.4 Å². The Hall–Kier alpha value is -3.38. The lowest BCUT2D eigenvalue weighted by Crippen LogP contribution is -2.13. The Morgan fingerprint density at radius 2 is 1.77 bits per heavy atom. The average molecular weight is 433 g/mol. The maximum absolute atomic E-state index is 13.0. The van der Waals surface area contributed by atoms with Crippen LogP contribution in [0, 0.1) is 0 Å². The van der Waals surface area contributed by atoms with E-state index in [1.807, 2.05) is 56.3 Å². The van der Waals surface area contributed by atoms with E-state index >= 15 is 0 Å². The molecule has 5 nitrogen and oxygen atoms in total. The number of rotatable bonds is 8. The van der Waals surface area contributed by atoms with E-state index < -0.39 is 0 Å². The number of para-hydroxylation sites is 2. The van der Waals surface area contributed by atoms with Gasteiger partial charge in [-0.05, 0) is 55.8 Å². The molecule has 31 heavy (non-hydrogen) atoms. The van der Waals surface area contributed by atoms with E-state index in [-0.39, 0.29) is 5.91 Å². The number of hydrogen-bond acceptors (Lipinski definition) is 5. The number of anilines is 1. The lowest BCUT2D eigenvalue weighted by atomic mass is 10.1. The first-order chi connectivity index (χ1) is 15.2. The average Bonchev–Trinajstić information content (AvgIpc) is 3.23. The Balaban J connectivity index is 1.61. The summed E-state index contributed by atoms with van der Waals surface area (Å²) in [6.45, 7) is 5.05. The van der Waals surface area contributed by atoms with Gasteiger partial charge in [0.2, 0.25) is 0 Å². The molecular formula is C25H24N2O3S. The van der Waals surface area contributed by atoms with Crippen molar-refractivity contribution in [2.75, 3.05) is 18.5 Å². The predicted molar refractivity (Wildman–Crippen MR) is 126 cm³/mol. The Morgan fingerprint density at radius 1 is 0.968 bits per heavy atom. The highest BCUT2D eigenvalue weighted by molar-refractivity contribution is 7.21. The second-order valence-corrected chi connectivity index (χ2v) is 7.96. The molecule has 0 fully saturated rings. The summed E-state index contributed by atoms with van der Waals surface area (Å²) >= 11 is 1.61. The van der Waals surface area contributed by atoms with Gasteiger partial charge in [-0.1, -0.05) is 31.2 Å². The highest BCUT2D eigenvalue weighted by Crippen LogP contribution is 2.35. The summed E-state index contributed by atoms with van der Waals surface area (Å²) in [6.07, 6.45) is 0.899. The molecule has 0 aliphatic rings. The van der Waals surface area contributed by atoms with Gasteiger partial charge in [-0.2, -0.15) is 0 Å². The van der Waals surface area contributed by atoms with Crippen molar-refractivity contribution in [2.45, 2.75) is 20.3 Å². The molecule has 4 rings (SSSR count). The van der Waals surface area contributed by atoms with Crippen LogP contribution < -0.4 is 14.8 Å². The summed E-state index contributed by atoms with van der Waals surface area (Å²) in [5.41, 5.74) is 3.07. The molecule has 6 heteroatoms. The standard InChI is InChI=1S/C25H24N2O3S/c1-3-15-30-21-14-13-17(16-22(21)29-4-2)24(28)26-19-10-6-5-9-18(19)25-27-20-11-7-8-12-23(20)31-25/h5-14,16H,3-4,15H2,1-2H3,(H,26,28). The molecule has 0 spiro atoms. The molecule has 1 amide bonds. The maximum atomic E-state index is 13.0. The number of fused-ring (bicyclic) bond motifs is 1. The van der Waals surface area contributed by atoms with E-state index in [9.17, 15) is 4.79 Å². The Morgan fingerprint density at radius 3 is 2.58 bits per heavy atom. The third kappa shape index (κ3) is 4.70. The molecule has 0 aliphatic carbocycles. The molecule has 0 radical (unpaired) electrons. The molecule has 0 unspecified atom stereocenters. The van der Waals surface area contributed by atoms with Crippen molar-refractivity contribution < 1.29 is 14.3 Å². The van der Waals surface area contributed by atoms with E-state index in [0.29, 0.717) is 30.3 Å². The summed E-state index contributed by atoms with van der Waals surface area (Å²) < 4.78 is 12.5. The minimum Gasteiger partial charge on any atom is -0.490 e. The van der Waals surface area contributed by atoms with Crippen molar-refractivity contribution in [1.29, 1.82) is 0 Å². The fraction of sp³-hybridized carbons (Fsp3) is 0.200. The van der Waals surface area contributed by atoms with Gasteiger partial charge in [0.15, 0.2) is 11.5 Å². The SMILES string of the molecule is CCCOc1ccc(C(=O)Nc2ccccc2-c2nc3ccccc3s2)cc1OCC. The number of carbonyl (C=O) groups excluding carboxylic acids is 1. The smallest absolute Gasteiger partial charge is 0.255 e. The van der Waals surface area contributed by atoms with Crippen LogP contribution in [0.1, 0.15) is 30.6 Å². The number of nitrogens with one attached hydrogen (secondary N) is 1. The molecule has 0 aliphatic heterocycles. The third-order valence-corrected chi connectivity index (χ3v) is 5.74. The molecular weight excluding hydrogens is 408 g/mol. The van der Waals surface area contributed by atoms with Gasteiger partial charge in [0.1, 0.15) is 5.01 Å². The van der Waals surface area contributed by atoms with Crippen LogP contribution in [0.15, 0.2) is 66.7 Å². The molecule has 1 aromatic heterocycles. The fourth-order valence-electron chi connectivity index (χ4n) is 3.21. The maximum Gasteiger partial charge on any atom is 0.255 e. The molecule has 0 atom stereocenters. The van der Waals surface area contributed by atoms with E-state index in [4.69, 9.17) is 14.5 Å². The Kier molecular flexibility index (Phi) is 6.48. The fourth-order valence-corrected chi connectivity index (χ4v) is 4.21. The van der Waals surface area contributed by atoms with Crippen molar-refractivity contribution in [3.63, 3.8) is 0 Å². The zero-order chi connectivity index (χ0) is 21.6. The molecule has 4 aromatic rings. The summed E-state index contributed by atoms with van der Waals surface area (Å²) in [7, 11) is 0. The lowest BCUT2D eigenvalue weighted by Gasteiger charge is -2.14. The van der Waals surface area contributed by atoms with Crippen LogP contribution in [0.4, 0.5) is 5.69 Å². The summed E-state index contributed by atoms with van der Waals surface area (Å²) in [4.78, 5) is 17.8. The molecule has 0 saturated heterocycles. The number of amides is 1. The van der Waals surface area contributed by atoms with Crippen LogP contribution in [0.5, 0.6) is 11.5 Å². The molecule has 158 valence electrons. The number of aromatic nitrogens is 1. The molecule has 0 saturated carbocycles. The summed E-state index contributed by atoms with van der Waals surface area (Å²) in [5, 5.41) is 3.90. The number of ether oxygens (including phenoxy) is 2. The van der Waals surface area contributed by atoms with E-state index in [1.54, 1.807) is 29.5 Å². The van der Waals surface area contributed by atoms with E-state index in [0.717, 1.165) is 32.9 Å². The van der Waals surface area contributed by atoms with Gasteiger partial charge >= 0.3 is 0 Å². The number of benzene rings is 3. The monoisotopic (exact) mass is 432 g/mol. The van der Waals surface area contributed by atoms with Gasteiger partial charge < -0.3 is 14.8 Å². The van der Waals surface area contributed by atoms with Crippen molar-refractivity contribution in [2.24, 2.45) is 0 Å². The highest BCUT2D eigenvalue weighted by atomic mass is 32.1. The van der Waals surface area contributed by atoms with Gasteiger partial charge in [-0.3, -0.25) is 4.79 Å². The van der Waals surface area contributed by atoms with Crippen LogP contribution in [-0.2, 0) is 0 Å². The first-order valence-electron chi connectivity index (χ1n) is 10.4. The molecule has 3 aromatic carbocycles. The topological polar surface area (TPSA) is 60.5 Å². The van der Waals surface area contributed by atoms with Crippen molar-refractivity contribution in [1.82, 2.24) is 4.98 Å². The van der Waals surface area contributed by atoms with Crippen LogP contribution >= 0.6 is 11.3 Å². The van der Waals surface area contributed by atoms with E-state index in [1.165, 1.54) is 0 Å². The van der Waals surface area contributed by atoms with Crippen LogP contribution in [0.2, 0.25) is 0 Å². The predicted octanol–water partition coefficient (Wildman–Crippen LogP) is 6.40. The number of hydrogen-bond donors (Lipinski definition) is 1. The number of thiazole rings is 1. The van der Waals surface area contributed by atoms with Gasteiger partial charge in [0.05, 0.1) is 29.1 Å². The van der Waals surface area contributed by atoms with Crippen LogP contribution in [0.25, 0.3) is 20.8 Å². The highest BCUT2D eigenvalue weighted by Gasteiger charge is 2.15. The first kappa shape index (κ1) is 20.9. The zero-order valence-corrected chi connectivity index (χ0v) is 18.4. The second kappa shape index (κ2) is 9.62. The zero-order valence-electron chi connectivity index (χ0n) is 17.6. The number of carbonyl (C=O) groups is 1. The minimum absolute atomic E-state index is 0.212. The Bertz CT molecular complexity index is 1170. The molecule has 1 N–H and O–H groups in total. The second-order valence-electron chi connectivity index (χ2n) is 6.93. The first-order valence-corrected chi connectivity index (χ1v) is 11.2. The normalized spacial score (nSPS) is 10.8. The summed E-state index contributed by atoms with van der Waals surface area (Å²) in [6, 6.07) is 21.0. The number of nitrogens with zero attached hydrogens (tertiary/aromatic N) is 1. The van der Waals surface area contributed by atoms with Crippen molar-refractivity contribution >= 4 is 33.1 Å². The quantitative estimate of drug-likeness (QED) is 0.350. The largest absolute Gasteiger partial charge is 0.490 e. The molecule has 0 bridgehead atoms. The van der Waals surface area contributed by atoms with Crippen LogP contribution in [0.3, 0.4) is 0 Å². The van der Waals surface area contributed by atoms with Gasteiger partial charge in [0, 0.05) is 11.1 Å². The van der Waals surface area contributed by atoms with Crippen molar-refractivity contribution in [3.05, 3.63) is 72.3 Å². The third-order valence-electron chi connectivity index (χ3n) is 4.67. The van der Waals surface area contributed by atoms with Crippen molar-refractivity contribution in [3.8, 4) is 22.1 Å². The minimum atomic E-state index is -0.212. The summed E-state index contributed by atoms with van der Waals surface area (Å²) in [5.74, 6) is 1.01.